The largest absolute Gasteiger partial charge is 0.352 e. The van der Waals surface area contributed by atoms with Crippen LogP contribution in [0, 0.1) is 0 Å². The van der Waals surface area contributed by atoms with Crippen LogP contribution < -0.4 is 5.32 Å². The van der Waals surface area contributed by atoms with Gasteiger partial charge in [-0.15, -0.1) is 11.3 Å². The van der Waals surface area contributed by atoms with E-state index >= 15 is 0 Å². The molecule has 0 saturated carbocycles. The zero-order chi connectivity index (χ0) is 15.5. The summed E-state index contributed by atoms with van der Waals surface area (Å²) in [6.07, 6.45) is 4.14. The van der Waals surface area contributed by atoms with E-state index < -0.39 is 0 Å². The molecule has 22 heavy (non-hydrogen) atoms. The standard InChI is InChI=1S/C16H18BrN3S2/c1-2-3-8-20-15(13-9-11(17)10-22-13)14(19-16(20)21)12-6-4-5-7-18-12/h4-7,9-10,14-15H,2-3,8H2,1H3,(H,19,21)/t14-,15+/m1/s1. The Morgan fingerprint density at radius 1 is 1.45 bits per heavy atom. The van der Waals surface area contributed by atoms with Crippen molar-refractivity contribution >= 4 is 44.6 Å². The van der Waals surface area contributed by atoms with Gasteiger partial charge in [0.2, 0.25) is 0 Å². The summed E-state index contributed by atoms with van der Waals surface area (Å²) in [7, 11) is 0. The average molecular weight is 396 g/mol. The first-order valence-electron chi connectivity index (χ1n) is 7.42. The Balaban J connectivity index is 1.96. The van der Waals surface area contributed by atoms with Gasteiger partial charge in [0.15, 0.2) is 5.11 Å². The zero-order valence-electron chi connectivity index (χ0n) is 12.3. The lowest BCUT2D eigenvalue weighted by atomic mass is 10.0. The van der Waals surface area contributed by atoms with E-state index in [2.05, 4.69) is 55.6 Å². The van der Waals surface area contributed by atoms with Crippen LogP contribution in [0.3, 0.4) is 0 Å². The Bertz CT molecular complexity index is 644. The molecule has 2 atom stereocenters. The summed E-state index contributed by atoms with van der Waals surface area (Å²) in [4.78, 5) is 8.16. The number of nitrogens with one attached hydrogen (secondary N) is 1. The van der Waals surface area contributed by atoms with E-state index in [9.17, 15) is 0 Å². The molecule has 1 N–H and O–H groups in total. The molecule has 1 aliphatic rings. The van der Waals surface area contributed by atoms with E-state index in [1.165, 1.54) is 4.88 Å². The quantitative estimate of drug-likeness (QED) is 0.743. The molecule has 1 saturated heterocycles. The van der Waals surface area contributed by atoms with Crippen molar-refractivity contribution in [1.82, 2.24) is 15.2 Å². The van der Waals surface area contributed by atoms with Gasteiger partial charge in [0, 0.05) is 27.5 Å². The summed E-state index contributed by atoms with van der Waals surface area (Å²) in [6.45, 7) is 3.19. The van der Waals surface area contributed by atoms with E-state index in [0.29, 0.717) is 0 Å². The minimum absolute atomic E-state index is 0.108. The van der Waals surface area contributed by atoms with Gasteiger partial charge in [-0.05, 0) is 52.8 Å². The molecule has 0 amide bonds. The number of pyridine rings is 1. The highest BCUT2D eigenvalue weighted by Gasteiger charge is 2.40. The third-order valence-corrected chi connectivity index (χ3v) is 5.95. The number of unbranched alkanes of at least 4 members (excludes halogenated alkanes) is 1. The highest BCUT2D eigenvalue weighted by atomic mass is 79.9. The highest BCUT2D eigenvalue weighted by Crippen LogP contribution is 2.41. The van der Waals surface area contributed by atoms with Crippen LogP contribution in [0.2, 0.25) is 0 Å². The SMILES string of the molecule is CCCCN1C(=S)N[C@H](c2ccccn2)[C@@H]1c1cc(Br)cs1. The summed E-state index contributed by atoms with van der Waals surface area (Å²) >= 11 is 10.9. The number of thiocarbonyl (C=S) groups is 1. The molecule has 1 fully saturated rings. The molecule has 0 aromatic carbocycles. The van der Waals surface area contributed by atoms with Crippen LogP contribution in [-0.2, 0) is 0 Å². The van der Waals surface area contributed by atoms with Crippen molar-refractivity contribution in [3.63, 3.8) is 0 Å². The summed E-state index contributed by atoms with van der Waals surface area (Å²) in [6, 6.07) is 8.56. The lowest BCUT2D eigenvalue weighted by Crippen LogP contribution is -2.30. The van der Waals surface area contributed by atoms with Gasteiger partial charge in [0.05, 0.1) is 17.8 Å². The molecule has 0 bridgehead atoms. The van der Waals surface area contributed by atoms with E-state index in [4.69, 9.17) is 12.2 Å². The first kappa shape index (κ1) is 15.9. The van der Waals surface area contributed by atoms with Gasteiger partial charge in [-0.25, -0.2) is 0 Å². The van der Waals surface area contributed by atoms with Crippen LogP contribution in [-0.4, -0.2) is 21.5 Å². The van der Waals surface area contributed by atoms with Crippen molar-refractivity contribution in [3.05, 3.63) is 50.9 Å². The van der Waals surface area contributed by atoms with Crippen LogP contribution in [0.15, 0.2) is 40.3 Å². The Hall–Kier alpha value is -0.980. The molecule has 116 valence electrons. The van der Waals surface area contributed by atoms with E-state index in [-0.39, 0.29) is 12.1 Å². The fourth-order valence-electron chi connectivity index (χ4n) is 2.77. The van der Waals surface area contributed by atoms with Gasteiger partial charge in [0.1, 0.15) is 0 Å². The third-order valence-electron chi connectivity index (χ3n) is 3.83. The normalized spacial score (nSPS) is 21.2. The Labute approximate surface area is 148 Å². The van der Waals surface area contributed by atoms with Crippen LogP contribution in [0.4, 0.5) is 0 Å². The van der Waals surface area contributed by atoms with Crippen molar-refractivity contribution < 1.29 is 0 Å². The third kappa shape index (κ3) is 3.19. The minimum atomic E-state index is 0.108. The zero-order valence-corrected chi connectivity index (χ0v) is 15.5. The summed E-state index contributed by atoms with van der Waals surface area (Å²) in [5.41, 5.74) is 1.04. The molecule has 3 nitrogen and oxygen atoms in total. The van der Waals surface area contributed by atoms with E-state index in [0.717, 1.165) is 34.7 Å². The molecule has 6 heteroatoms. The van der Waals surface area contributed by atoms with Crippen molar-refractivity contribution in [2.24, 2.45) is 0 Å². The number of rotatable bonds is 5. The number of aromatic nitrogens is 1. The van der Waals surface area contributed by atoms with Crippen molar-refractivity contribution in [3.8, 4) is 0 Å². The summed E-state index contributed by atoms with van der Waals surface area (Å²) in [5, 5.41) is 6.43. The van der Waals surface area contributed by atoms with Crippen LogP contribution in [0.25, 0.3) is 0 Å². The summed E-state index contributed by atoms with van der Waals surface area (Å²) in [5.74, 6) is 0. The lowest BCUT2D eigenvalue weighted by molar-refractivity contribution is 0.317. The molecule has 3 rings (SSSR count). The van der Waals surface area contributed by atoms with Gasteiger partial charge < -0.3 is 10.2 Å². The number of thiophene rings is 1. The number of halogens is 1. The van der Waals surface area contributed by atoms with Crippen molar-refractivity contribution in [2.75, 3.05) is 6.54 Å². The first-order chi connectivity index (χ1) is 10.7. The van der Waals surface area contributed by atoms with Gasteiger partial charge in [-0.2, -0.15) is 0 Å². The van der Waals surface area contributed by atoms with Gasteiger partial charge in [-0.1, -0.05) is 19.4 Å². The predicted molar refractivity (Wildman–Crippen MR) is 99.1 cm³/mol. The van der Waals surface area contributed by atoms with Gasteiger partial charge in [-0.3, -0.25) is 4.98 Å². The molecule has 3 heterocycles. The fourth-order valence-corrected chi connectivity index (χ4v) is 4.69. The van der Waals surface area contributed by atoms with E-state index in [1.54, 1.807) is 11.3 Å². The molecular formula is C16H18BrN3S2. The first-order valence-corrected chi connectivity index (χ1v) is 9.50. The molecule has 1 aliphatic heterocycles. The molecule has 0 unspecified atom stereocenters. The van der Waals surface area contributed by atoms with Crippen LogP contribution in [0.1, 0.15) is 42.4 Å². The Morgan fingerprint density at radius 3 is 2.95 bits per heavy atom. The second-order valence-corrected chi connectivity index (χ2v) is 7.59. The Kier molecular flexibility index (Phi) is 5.10. The smallest absolute Gasteiger partial charge is 0.170 e. The monoisotopic (exact) mass is 395 g/mol. The van der Waals surface area contributed by atoms with Gasteiger partial charge >= 0.3 is 0 Å². The number of hydrogen-bond donors (Lipinski definition) is 1. The lowest BCUT2D eigenvalue weighted by Gasteiger charge is -2.26. The predicted octanol–water partition coefficient (Wildman–Crippen LogP) is 4.68. The minimum Gasteiger partial charge on any atom is -0.352 e. The van der Waals surface area contributed by atoms with Crippen molar-refractivity contribution in [2.45, 2.75) is 31.8 Å². The van der Waals surface area contributed by atoms with Crippen molar-refractivity contribution in [1.29, 1.82) is 0 Å². The second kappa shape index (κ2) is 7.06. The maximum Gasteiger partial charge on any atom is 0.170 e. The van der Waals surface area contributed by atoms with Crippen LogP contribution in [0.5, 0.6) is 0 Å². The maximum absolute atomic E-state index is 5.59. The van der Waals surface area contributed by atoms with Gasteiger partial charge in [0.25, 0.3) is 0 Å². The fraction of sp³-hybridized carbons (Fsp3) is 0.375. The van der Waals surface area contributed by atoms with E-state index in [1.807, 2.05) is 18.3 Å². The van der Waals surface area contributed by atoms with Crippen LogP contribution >= 0.6 is 39.5 Å². The summed E-state index contributed by atoms with van der Waals surface area (Å²) < 4.78 is 1.13. The Morgan fingerprint density at radius 2 is 2.32 bits per heavy atom. The molecule has 2 aromatic rings. The number of nitrogens with zero attached hydrogens (tertiary/aromatic N) is 2. The molecular weight excluding hydrogens is 378 g/mol. The highest BCUT2D eigenvalue weighted by molar-refractivity contribution is 9.10. The number of hydrogen-bond acceptors (Lipinski definition) is 3. The average Bonchev–Trinajstić information content (AvgIpc) is 3.09. The second-order valence-electron chi connectivity index (χ2n) is 5.34. The topological polar surface area (TPSA) is 28.2 Å². The molecule has 0 spiro atoms. The molecule has 2 aromatic heterocycles. The molecule has 0 radical (unpaired) electrons. The molecule has 0 aliphatic carbocycles. The maximum atomic E-state index is 5.59.